The molecule has 0 aromatic heterocycles. The summed E-state index contributed by atoms with van der Waals surface area (Å²) in [6, 6.07) is 10.1. The van der Waals surface area contributed by atoms with Crippen molar-refractivity contribution in [2.75, 3.05) is 6.54 Å². The molecule has 0 aliphatic heterocycles. The van der Waals surface area contributed by atoms with E-state index in [0.717, 1.165) is 12.2 Å². The molecule has 1 nitrogen and oxygen atoms in total. The summed E-state index contributed by atoms with van der Waals surface area (Å²) in [5.41, 5.74) is 1.08. The van der Waals surface area contributed by atoms with Gasteiger partial charge in [0.25, 0.3) is 0 Å². The average Bonchev–Trinajstić information content (AvgIpc) is 2.03. The average molecular weight is 148 g/mol. The highest BCUT2D eigenvalue weighted by Gasteiger charge is 1.94. The van der Waals surface area contributed by atoms with Gasteiger partial charge in [-0.2, -0.15) is 0 Å². The number of benzene rings is 1. The molecule has 1 heteroatoms. The summed E-state index contributed by atoms with van der Waals surface area (Å²) >= 11 is 0. The Hall–Kier alpha value is -0.980. The Labute approximate surface area is 68.4 Å². The highest BCUT2D eigenvalue weighted by molar-refractivity contribution is 5.34. The Bertz CT molecular complexity index is 191. The number of para-hydroxylation sites is 1. The molecule has 0 N–H and O–H groups in total. The standard InChI is InChI=1S/C10H14N/c1-9(2)8-11-10-6-4-3-5-7-10/h3-7,9H,8H2,1-2H3. The van der Waals surface area contributed by atoms with Crippen LogP contribution in [0.15, 0.2) is 30.3 Å². The summed E-state index contributed by atoms with van der Waals surface area (Å²) in [7, 11) is 0. The van der Waals surface area contributed by atoms with Gasteiger partial charge in [-0.15, -0.1) is 0 Å². The van der Waals surface area contributed by atoms with Gasteiger partial charge in [0.1, 0.15) is 0 Å². The van der Waals surface area contributed by atoms with Gasteiger partial charge < -0.3 is 0 Å². The quantitative estimate of drug-likeness (QED) is 0.625. The Kier molecular flexibility index (Phi) is 2.96. The molecule has 59 valence electrons. The van der Waals surface area contributed by atoms with Crippen molar-refractivity contribution in [1.29, 1.82) is 0 Å². The maximum absolute atomic E-state index is 4.41. The van der Waals surface area contributed by atoms with Crippen LogP contribution < -0.4 is 5.32 Å². The molecule has 1 aromatic carbocycles. The lowest BCUT2D eigenvalue weighted by Gasteiger charge is -2.04. The van der Waals surface area contributed by atoms with E-state index in [9.17, 15) is 0 Å². The van der Waals surface area contributed by atoms with Crippen LogP contribution in [-0.4, -0.2) is 6.54 Å². The van der Waals surface area contributed by atoms with E-state index in [1.54, 1.807) is 0 Å². The number of rotatable bonds is 3. The van der Waals surface area contributed by atoms with Gasteiger partial charge in [0.15, 0.2) is 0 Å². The summed E-state index contributed by atoms with van der Waals surface area (Å²) in [6.07, 6.45) is 0. The summed E-state index contributed by atoms with van der Waals surface area (Å²) in [6.45, 7) is 5.27. The predicted molar refractivity (Wildman–Crippen MR) is 47.9 cm³/mol. The first kappa shape index (κ1) is 8.12. The van der Waals surface area contributed by atoms with Crippen molar-refractivity contribution >= 4 is 5.69 Å². The van der Waals surface area contributed by atoms with Crippen LogP contribution >= 0.6 is 0 Å². The lowest BCUT2D eigenvalue weighted by atomic mass is 10.2. The van der Waals surface area contributed by atoms with Gasteiger partial charge in [0, 0.05) is 6.54 Å². The molecule has 0 aliphatic rings. The number of hydrogen-bond donors (Lipinski definition) is 0. The minimum atomic E-state index is 0.648. The van der Waals surface area contributed by atoms with Crippen LogP contribution in [0.4, 0.5) is 5.69 Å². The smallest absolute Gasteiger partial charge is 0.0574 e. The van der Waals surface area contributed by atoms with Gasteiger partial charge in [-0.1, -0.05) is 32.0 Å². The molecule has 0 spiro atoms. The molecule has 0 atom stereocenters. The molecule has 0 saturated heterocycles. The fourth-order valence-electron chi connectivity index (χ4n) is 0.821. The summed E-state index contributed by atoms with van der Waals surface area (Å²) in [4.78, 5) is 0. The molecular weight excluding hydrogens is 134 g/mol. The first-order valence-corrected chi connectivity index (χ1v) is 4.01. The fourth-order valence-corrected chi connectivity index (χ4v) is 0.821. The van der Waals surface area contributed by atoms with Crippen LogP contribution in [0.2, 0.25) is 0 Å². The topological polar surface area (TPSA) is 14.1 Å². The molecule has 0 unspecified atom stereocenters. The first-order valence-electron chi connectivity index (χ1n) is 4.01. The van der Waals surface area contributed by atoms with Crippen LogP contribution in [0, 0.1) is 5.92 Å². The second kappa shape index (κ2) is 4.02. The van der Waals surface area contributed by atoms with Crippen molar-refractivity contribution in [1.82, 2.24) is 5.32 Å². The minimum Gasteiger partial charge on any atom is -0.285 e. The highest BCUT2D eigenvalue weighted by Crippen LogP contribution is 2.05. The summed E-state index contributed by atoms with van der Waals surface area (Å²) in [5.74, 6) is 0.648. The van der Waals surface area contributed by atoms with Crippen LogP contribution in [-0.2, 0) is 0 Å². The normalized spacial score (nSPS) is 10.1. The third-order valence-electron chi connectivity index (χ3n) is 1.40. The Morgan fingerprint density at radius 2 is 1.82 bits per heavy atom. The molecule has 1 aromatic rings. The van der Waals surface area contributed by atoms with E-state index in [1.165, 1.54) is 0 Å². The van der Waals surface area contributed by atoms with Crippen molar-refractivity contribution in [3.05, 3.63) is 30.3 Å². The molecule has 0 fully saturated rings. The highest BCUT2D eigenvalue weighted by atomic mass is 14.9. The SMILES string of the molecule is CC(C)C[N]c1ccccc1. The maximum atomic E-state index is 4.41. The third kappa shape index (κ3) is 3.08. The van der Waals surface area contributed by atoms with E-state index < -0.39 is 0 Å². The zero-order valence-corrected chi connectivity index (χ0v) is 7.12. The van der Waals surface area contributed by atoms with E-state index >= 15 is 0 Å². The lowest BCUT2D eigenvalue weighted by Crippen LogP contribution is -2.06. The maximum Gasteiger partial charge on any atom is 0.0574 e. The molecule has 0 saturated carbocycles. The largest absolute Gasteiger partial charge is 0.285 e. The van der Waals surface area contributed by atoms with Gasteiger partial charge in [-0.3, -0.25) is 5.32 Å². The first-order chi connectivity index (χ1) is 5.29. The summed E-state index contributed by atoms with van der Waals surface area (Å²) < 4.78 is 0. The van der Waals surface area contributed by atoms with E-state index in [-0.39, 0.29) is 0 Å². The van der Waals surface area contributed by atoms with Gasteiger partial charge in [-0.25, -0.2) is 0 Å². The van der Waals surface area contributed by atoms with Crippen molar-refractivity contribution in [3.8, 4) is 0 Å². The van der Waals surface area contributed by atoms with Crippen LogP contribution in [0.1, 0.15) is 13.8 Å². The van der Waals surface area contributed by atoms with E-state index in [2.05, 4.69) is 19.2 Å². The van der Waals surface area contributed by atoms with E-state index in [1.807, 2.05) is 30.3 Å². The predicted octanol–water partition coefficient (Wildman–Crippen LogP) is 2.58. The van der Waals surface area contributed by atoms with E-state index in [4.69, 9.17) is 0 Å². The van der Waals surface area contributed by atoms with Gasteiger partial charge >= 0.3 is 0 Å². The summed E-state index contributed by atoms with van der Waals surface area (Å²) in [5, 5.41) is 4.41. The second-order valence-electron chi connectivity index (χ2n) is 3.07. The minimum absolute atomic E-state index is 0.648. The third-order valence-corrected chi connectivity index (χ3v) is 1.40. The Morgan fingerprint density at radius 3 is 2.36 bits per heavy atom. The van der Waals surface area contributed by atoms with Crippen molar-refractivity contribution < 1.29 is 0 Å². The van der Waals surface area contributed by atoms with Crippen molar-refractivity contribution in [3.63, 3.8) is 0 Å². The van der Waals surface area contributed by atoms with Crippen LogP contribution in [0.5, 0.6) is 0 Å². The van der Waals surface area contributed by atoms with Gasteiger partial charge in [0.2, 0.25) is 0 Å². The zero-order valence-electron chi connectivity index (χ0n) is 7.12. The molecular formula is C10H14N. The number of nitrogens with zero attached hydrogens (tertiary/aromatic N) is 1. The molecule has 0 heterocycles. The van der Waals surface area contributed by atoms with Crippen LogP contribution in [0.3, 0.4) is 0 Å². The Balaban J connectivity index is 2.39. The van der Waals surface area contributed by atoms with Crippen molar-refractivity contribution in [2.24, 2.45) is 5.92 Å². The number of hydrogen-bond acceptors (Lipinski definition) is 0. The molecule has 11 heavy (non-hydrogen) atoms. The van der Waals surface area contributed by atoms with Gasteiger partial charge in [0.05, 0.1) is 5.69 Å². The lowest BCUT2D eigenvalue weighted by molar-refractivity contribution is 0.609. The zero-order chi connectivity index (χ0) is 8.10. The van der Waals surface area contributed by atoms with Crippen LogP contribution in [0.25, 0.3) is 0 Å². The fraction of sp³-hybridized carbons (Fsp3) is 0.400. The second-order valence-corrected chi connectivity index (χ2v) is 3.07. The molecule has 0 aliphatic carbocycles. The van der Waals surface area contributed by atoms with Crippen molar-refractivity contribution in [2.45, 2.75) is 13.8 Å². The monoisotopic (exact) mass is 148 g/mol. The van der Waals surface area contributed by atoms with E-state index in [0.29, 0.717) is 5.92 Å². The molecule has 1 rings (SSSR count). The molecule has 0 bridgehead atoms. The van der Waals surface area contributed by atoms with Gasteiger partial charge in [-0.05, 0) is 18.1 Å². The molecule has 0 amide bonds. The molecule has 1 radical (unpaired) electrons. The Morgan fingerprint density at radius 1 is 1.18 bits per heavy atom.